The van der Waals surface area contributed by atoms with Crippen LogP contribution >= 0.6 is 0 Å². The van der Waals surface area contributed by atoms with E-state index in [1.165, 1.54) is 7.11 Å². The van der Waals surface area contributed by atoms with E-state index in [-0.39, 0.29) is 11.9 Å². The van der Waals surface area contributed by atoms with Gasteiger partial charge in [0.25, 0.3) is 5.91 Å². The van der Waals surface area contributed by atoms with Crippen molar-refractivity contribution >= 4 is 11.9 Å². The number of ether oxygens (including phenoxy) is 1. The van der Waals surface area contributed by atoms with Gasteiger partial charge in [-0.2, -0.15) is 0 Å². The number of nitrogens with one attached hydrogen (secondary N) is 2. The zero-order valence-electron chi connectivity index (χ0n) is 13.1. The van der Waals surface area contributed by atoms with E-state index in [0.717, 1.165) is 12.2 Å². The van der Waals surface area contributed by atoms with Crippen LogP contribution in [0.2, 0.25) is 0 Å². The van der Waals surface area contributed by atoms with Crippen molar-refractivity contribution in [2.75, 3.05) is 26.7 Å². The number of aromatic nitrogens is 1. The summed E-state index contributed by atoms with van der Waals surface area (Å²) in [4.78, 5) is 29.5. The fourth-order valence-electron chi connectivity index (χ4n) is 2.79. The van der Waals surface area contributed by atoms with Crippen LogP contribution < -0.4 is 5.32 Å². The van der Waals surface area contributed by atoms with Gasteiger partial charge < -0.3 is 19.9 Å². The molecule has 2 heterocycles. The van der Waals surface area contributed by atoms with Crippen LogP contribution in [0.25, 0.3) is 0 Å². The van der Waals surface area contributed by atoms with Gasteiger partial charge in [0.1, 0.15) is 5.69 Å². The van der Waals surface area contributed by atoms with Gasteiger partial charge in [0.15, 0.2) is 0 Å². The van der Waals surface area contributed by atoms with E-state index >= 15 is 0 Å². The highest BCUT2D eigenvalue weighted by atomic mass is 16.5. The number of carbonyl (C=O) groups is 2. The monoisotopic (exact) mass is 293 g/mol. The first kappa shape index (κ1) is 15.6. The molecule has 1 aromatic rings. The summed E-state index contributed by atoms with van der Waals surface area (Å²) >= 11 is 0. The van der Waals surface area contributed by atoms with E-state index in [0.29, 0.717) is 36.3 Å². The van der Waals surface area contributed by atoms with Gasteiger partial charge in [-0.1, -0.05) is 6.92 Å². The lowest BCUT2D eigenvalue weighted by molar-refractivity contribution is 0.0599. The first-order valence-electron chi connectivity index (χ1n) is 7.32. The number of amides is 1. The van der Waals surface area contributed by atoms with Crippen molar-refractivity contribution in [3.63, 3.8) is 0 Å². The molecule has 0 radical (unpaired) electrons. The fourth-order valence-corrected chi connectivity index (χ4v) is 2.79. The first-order chi connectivity index (χ1) is 9.99. The highest BCUT2D eigenvalue weighted by Crippen LogP contribution is 2.22. The van der Waals surface area contributed by atoms with Gasteiger partial charge >= 0.3 is 5.97 Å². The van der Waals surface area contributed by atoms with Crippen molar-refractivity contribution in [3.05, 3.63) is 22.5 Å². The van der Waals surface area contributed by atoms with Gasteiger partial charge in [-0.3, -0.25) is 4.79 Å². The van der Waals surface area contributed by atoms with E-state index < -0.39 is 5.97 Å². The van der Waals surface area contributed by atoms with E-state index in [1.807, 2.05) is 11.8 Å². The normalized spacial score (nSPS) is 18.7. The van der Waals surface area contributed by atoms with E-state index in [9.17, 15) is 9.59 Å². The molecule has 1 aromatic heterocycles. The molecule has 0 unspecified atom stereocenters. The van der Waals surface area contributed by atoms with Crippen LogP contribution in [0.5, 0.6) is 0 Å². The summed E-state index contributed by atoms with van der Waals surface area (Å²) in [6, 6.07) is 0.281. The summed E-state index contributed by atoms with van der Waals surface area (Å²) in [5.74, 6) is -0.445. The lowest BCUT2D eigenvalue weighted by Gasteiger charge is -2.31. The van der Waals surface area contributed by atoms with Crippen LogP contribution in [0.1, 0.15) is 46.0 Å². The molecule has 1 aliphatic rings. The Bertz CT molecular complexity index is 551. The van der Waals surface area contributed by atoms with Gasteiger partial charge in [0.05, 0.1) is 12.7 Å². The Hall–Kier alpha value is -1.82. The number of piperazine rings is 1. The SMILES string of the molecule is CCc1[nH]c(C(=O)N2CCN[C@H](C)C2)c(C)c1C(=O)OC. The van der Waals surface area contributed by atoms with Crippen LogP contribution in [-0.4, -0.2) is 54.5 Å². The van der Waals surface area contributed by atoms with Crippen molar-refractivity contribution in [2.24, 2.45) is 0 Å². The zero-order chi connectivity index (χ0) is 15.6. The standard InChI is InChI=1S/C15H23N3O3/c1-5-11-12(15(20)21-4)10(3)13(17-11)14(19)18-7-6-16-9(2)8-18/h9,16-17H,5-8H2,1-4H3/t9-/m1/s1. The van der Waals surface area contributed by atoms with Crippen molar-refractivity contribution < 1.29 is 14.3 Å². The third-order valence-electron chi connectivity index (χ3n) is 3.94. The number of hydrogen-bond acceptors (Lipinski definition) is 4. The Kier molecular flexibility index (Phi) is 4.67. The molecule has 0 aliphatic carbocycles. The molecule has 1 amide bonds. The molecule has 6 heteroatoms. The molecule has 2 rings (SSSR count). The molecule has 0 saturated carbocycles. The average Bonchev–Trinajstić information content (AvgIpc) is 2.82. The number of hydrogen-bond donors (Lipinski definition) is 2. The predicted octanol–water partition coefficient (Wildman–Crippen LogP) is 1.11. The largest absolute Gasteiger partial charge is 0.465 e. The Morgan fingerprint density at radius 1 is 1.43 bits per heavy atom. The maximum Gasteiger partial charge on any atom is 0.339 e. The third kappa shape index (κ3) is 2.95. The van der Waals surface area contributed by atoms with E-state index in [2.05, 4.69) is 17.2 Å². The first-order valence-corrected chi connectivity index (χ1v) is 7.32. The summed E-state index contributed by atoms with van der Waals surface area (Å²) in [5.41, 5.74) is 2.42. The lowest BCUT2D eigenvalue weighted by atomic mass is 10.1. The van der Waals surface area contributed by atoms with Crippen molar-refractivity contribution in [2.45, 2.75) is 33.2 Å². The predicted molar refractivity (Wildman–Crippen MR) is 79.6 cm³/mol. The molecule has 0 spiro atoms. The second-order valence-corrected chi connectivity index (χ2v) is 5.43. The Labute approximate surface area is 124 Å². The Morgan fingerprint density at radius 2 is 2.14 bits per heavy atom. The number of carbonyl (C=O) groups excluding carboxylic acids is 2. The van der Waals surface area contributed by atoms with Crippen molar-refractivity contribution in [1.82, 2.24) is 15.2 Å². The minimum atomic E-state index is -0.395. The van der Waals surface area contributed by atoms with Gasteiger partial charge in [-0.25, -0.2) is 4.79 Å². The topological polar surface area (TPSA) is 74.4 Å². The molecule has 1 aliphatic heterocycles. The summed E-state index contributed by atoms with van der Waals surface area (Å²) in [6.07, 6.45) is 0.649. The maximum absolute atomic E-state index is 12.7. The zero-order valence-corrected chi connectivity index (χ0v) is 13.1. The molecule has 116 valence electrons. The molecule has 1 fully saturated rings. The minimum Gasteiger partial charge on any atom is -0.465 e. The highest BCUT2D eigenvalue weighted by molar-refractivity contribution is 6.00. The molecule has 1 saturated heterocycles. The molecular formula is C15H23N3O3. The second-order valence-electron chi connectivity index (χ2n) is 5.43. The van der Waals surface area contributed by atoms with Crippen LogP contribution in [0, 0.1) is 6.92 Å². The third-order valence-corrected chi connectivity index (χ3v) is 3.94. The number of nitrogens with zero attached hydrogens (tertiary/aromatic N) is 1. The number of aryl methyl sites for hydroxylation is 1. The maximum atomic E-state index is 12.7. The quantitative estimate of drug-likeness (QED) is 0.819. The second kappa shape index (κ2) is 6.30. The summed E-state index contributed by atoms with van der Waals surface area (Å²) in [6.45, 7) is 7.93. The molecule has 0 bridgehead atoms. The summed E-state index contributed by atoms with van der Waals surface area (Å²) < 4.78 is 4.82. The lowest BCUT2D eigenvalue weighted by Crippen LogP contribution is -2.51. The van der Waals surface area contributed by atoms with Crippen LogP contribution in [0.4, 0.5) is 0 Å². The Morgan fingerprint density at radius 3 is 2.71 bits per heavy atom. The Balaban J connectivity index is 2.33. The van der Waals surface area contributed by atoms with Gasteiger partial charge in [0, 0.05) is 31.4 Å². The smallest absolute Gasteiger partial charge is 0.339 e. The van der Waals surface area contributed by atoms with Crippen molar-refractivity contribution in [3.8, 4) is 0 Å². The molecule has 2 N–H and O–H groups in total. The number of methoxy groups -OCH3 is 1. The minimum absolute atomic E-state index is 0.0503. The molecular weight excluding hydrogens is 270 g/mol. The number of rotatable bonds is 3. The van der Waals surface area contributed by atoms with Crippen molar-refractivity contribution in [1.29, 1.82) is 0 Å². The summed E-state index contributed by atoms with van der Waals surface area (Å²) in [5, 5.41) is 3.31. The molecule has 21 heavy (non-hydrogen) atoms. The van der Waals surface area contributed by atoms with Crippen LogP contribution in [0.15, 0.2) is 0 Å². The van der Waals surface area contributed by atoms with E-state index in [4.69, 9.17) is 4.74 Å². The number of aromatic amines is 1. The number of H-pyrrole nitrogens is 1. The van der Waals surface area contributed by atoms with Crippen LogP contribution in [-0.2, 0) is 11.2 Å². The number of esters is 1. The average molecular weight is 293 g/mol. The van der Waals surface area contributed by atoms with Gasteiger partial charge in [0.2, 0.25) is 0 Å². The highest BCUT2D eigenvalue weighted by Gasteiger charge is 2.28. The van der Waals surface area contributed by atoms with Gasteiger partial charge in [-0.05, 0) is 25.8 Å². The van der Waals surface area contributed by atoms with Gasteiger partial charge in [-0.15, -0.1) is 0 Å². The molecule has 0 aromatic carbocycles. The summed E-state index contributed by atoms with van der Waals surface area (Å²) in [7, 11) is 1.35. The van der Waals surface area contributed by atoms with Crippen LogP contribution in [0.3, 0.4) is 0 Å². The molecule has 6 nitrogen and oxygen atoms in total. The molecule has 1 atom stereocenters. The van der Waals surface area contributed by atoms with E-state index in [1.54, 1.807) is 6.92 Å². The fraction of sp³-hybridized carbons (Fsp3) is 0.600.